The molecule has 2 aromatic carbocycles. The minimum absolute atomic E-state index is 0.0767. The summed E-state index contributed by atoms with van der Waals surface area (Å²) in [6.45, 7) is 4.42. The van der Waals surface area contributed by atoms with E-state index in [0.717, 1.165) is 5.56 Å². The van der Waals surface area contributed by atoms with Crippen molar-refractivity contribution in [2.45, 2.75) is 63.2 Å². The summed E-state index contributed by atoms with van der Waals surface area (Å²) in [5.74, 6) is 0. The van der Waals surface area contributed by atoms with Crippen LogP contribution in [0, 0.1) is 0 Å². The van der Waals surface area contributed by atoms with Gasteiger partial charge in [0.1, 0.15) is 0 Å². The third-order valence-corrected chi connectivity index (χ3v) is 5.88. The van der Waals surface area contributed by atoms with E-state index in [4.69, 9.17) is 10.5 Å². The molecule has 10 heteroatoms. The molecule has 190 valence electrons. The van der Waals surface area contributed by atoms with Crippen LogP contribution in [0.4, 0.5) is 26.3 Å². The normalized spacial score (nSPS) is 15.7. The molecule has 0 aliphatic carbocycles. The first-order chi connectivity index (χ1) is 15.5. The molecular weight excluding hydrogens is 462 g/mol. The van der Waals surface area contributed by atoms with Crippen molar-refractivity contribution in [3.05, 3.63) is 70.8 Å². The fraction of sp³-hybridized carbons (Fsp3) is 0.500. The lowest BCUT2D eigenvalue weighted by Gasteiger charge is -2.41. The summed E-state index contributed by atoms with van der Waals surface area (Å²) in [6.07, 6.45) is -9.90. The van der Waals surface area contributed by atoms with Crippen LogP contribution in [0.15, 0.2) is 48.5 Å². The second-order valence-corrected chi connectivity index (χ2v) is 8.92. The minimum atomic E-state index is -4.93. The lowest BCUT2D eigenvalue weighted by molar-refractivity contribution is -0.143. The van der Waals surface area contributed by atoms with Crippen LogP contribution in [0.3, 0.4) is 0 Å². The molecule has 0 spiro atoms. The zero-order valence-corrected chi connectivity index (χ0v) is 19.2. The van der Waals surface area contributed by atoms with Crippen molar-refractivity contribution in [1.82, 2.24) is 5.32 Å². The van der Waals surface area contributed by atoms with Gasteiger partial charge in [-0.1, -0.05) is 30.3 Å². The van der Waals surface area contributed by atoms with Crippen molar-refractivity contribution < 1.29 is 36.2 Å². The van der Waals surface area contributed by atoms with E-state index in [9.17, 15) is 31.4 Å². The van der Waals surface area contributed by atoms with Gasteiger partial charge in [-0.3, -0.25) is 5.32 Å². The summed E-state index contributed by atoms with van der Waals surface area (Å²) < 4.78 is 84.0. The summed E-state index contributed by atoms with van der Waals surface area (Å²) in [5.41, 5.74) is 2.11. The number of benzene rings is 2. The van der Waals surface area contributed by atoms with Crippen molar-refractivity contribution in [3.8, 4) is 0 Å². The molecule has 0 radical (unpaired) electrons. The Hall–Kier alpha value is -2.14. The van der Waals surface area contributed by atoms with Crippen molar-refractivity contribution in [3.63, 3.8) is 0 Å². The second-order valence-electron chi connectivity index (χ2n) is 8.92. The number of hydrogen-bond acceptors (Lipinski definition) is 4. The molecule has 0 fully saturated rings. The SMILES string of the molecule is CC(OCNC[C@@](N)(CCc1ccccc1)C(C)(C)O)c1cc(C(F)(F)F)cc(C(F)(F)F)c1. The van der Waals surface area contributed by atoms with Crippen LogP contribution >= 0.6 is 0 Å². The fourth-order valence-corrected chi connectivity index (χ4v) is 3.39. The van der Waals surface area contributed by atoms with Crippen LogP contribution in [-0.4, -0.2) is 29.5 Å². The largest absolute Gasteiger partial charge is 0.416 e. The van der Waals surface area contributed by atoms with E-state index in [-0.39, 0.29) is 24.9 Å². The smallest absolute Gasteiger partial charge is 0.389 e. The van der Waals surface area contributed by atoms with Gasteiger partial charge in [-0.25, -0.2) is 0 Å². The van der Waals surface area contributed by atoms with E-state index in [2.05, 4.69) is 5.32 Å². The molecule has 34 heavy (non-hydrogen) atoms. The minimum Gasteiger partial charge on any atom is -0.389 e. The summed E-state index contributed by atoms with van der Waals surface area (Å²) in [6, 6.07) is 10.9. The maximum Gasteiger partial charge on any atom is 0.416 e. The van der Waals surface area contributed by atoms with Gasteiger partial charge in [-0.15, -0.1) is 0 Å². The second kappa shape index (κ2) is 10.6. The van der Waals surface area contributed by atoms with Gasteiger partial charge in [-0.05, 0) is 62.9 Å². The fourth-order valence-electron chi connectivity index (χ4n) is 3.39. The molecule has 2 aromatic rings. The van der Waals surface area contributed by atoms with Crippen LogP contribution in [0.2, 0.25) is 0 Å². The number of hydrogen-bond donors (Lipinski definition) is 3. The maximum atomic E-state index is 13.1. The Kier molecular flexibility index (Phi) is 8.79. The Bertz CT molecular complexity index is 894. The predicted molar refractivity (Wildman–Crippen MR) is 117 cm³/mol. The number of aliphatic hydroxyl groups is 1. The summed E-state index contributed by atoms with van der Waals surface area (Å²) >= 11 is 0. The number of rotatable bonds is 10. The van der Waals surface area contributed by atoms with E-state index < -0.39 is 40.7 Å². The number of alkyl halides is 6. The van der Waals surface area contributed by atoms with Gasteiger partial charge in [-0.2, -0.15) is 26.3 Å². The van der Waals surface area contributed by atoms with Crippen LogP contribution in [0.5, 0.6) is 0 Å². The number of nitrogens with two attached hydrogens (primary N) is 1. The number of nitrogens with one attached hydrogen (secondary N) is 1. The average Bonchev–Trinajstić information content (AvgIpc) is 2.73. The van der Waals surface area contributed by atoms with Crippen molar-refractivity contribution in [2.75, 3.05) is 13.3 Å². The molecule has 0 heterocycles. The molecule has 0 amide bonds. The molecular formula is C24H30F6N2O2. The Morgan fingerprint density at radius 3 is 1.94 bits per heavy atom. The third kappa shape index (κ3) is 7.69. The van der Waals surface area contributed by atoms with Crippen LogP contribution in [-0.2, 0) is 23.5 Å². The number of aryl methyl sites for hydroxylation is 1. The predicted octanol–water partition coefficient (Wildman–Crippen LogP) is 5.45. The lowest BCUT2D eigenvalue weighted by Crippen LogP contribution is -2.63. The van der Waals surface area contributed by atoms with E-state index in [0.29, 0.717) is 25.0 Å². The molecule has 0 saturated carbocycles. The lowest BCUT2D eigenvalue weighted by atomic mass is 9.78. The quantitative estimate of drug-likeness (QED) is 0.234. The van der Waals surface area contributed by atoms with E-state index in [1.54, 1.807) is 13.8 Å². The van der Waals surface area contributed by atoms with Crippen molar-refractivity contribution in [2.24, 2.45) is 5.73 Å². The Balaban J connectivity index is 2.04. The van der Waals surface area contributed by atoms with Gasteiger partial charge in [0, 0.05) is 6.54 Å². The molecule has 2 atom stereocenters. The molecule has 0 bridgehead atoms. The molecule has 4 N–H and O–H groups in total. The van der Waals surface area contributed by atoms with Gasteiger partial charge >= 0.3 is 12.4 Å². The highest BCUT2D eigenvalue weighted by Gasteiger charge is 2.40. The first kappa shape index (κ1) is 28.1. The maximum absolute atomic E-state index is 13.1. The van der Waals surface area contributed by atoms with Crippen LogP contribution in [0.25, 0.3) is 0 Å². The highest BCUT2D eigenvalue weighted by molar-refractivity contribution is 5.34. The zero-order chi connectivity index (χ0) is 25.8. The Morgan fingerprint density at radius 2 is 1.47 bits per heavy atom. The zero-order valence-electron chi connectivity index (χ0n) is 19.2. The molecule has 0 saturated heterocycles. The monoisotopic (exact) mass is 492 g/mol. The average molecular weight is 493 g/mol. The van der Waals surface area contributed by atoms with Crippen molar-refractivity contribution in [1.29, 1.82) is 0 Å². The Morgan fingerprint density at radius 1 is 0.941 bits per heavy atom. The van der Waals surface area contributed by atoms with Gasteiger partial charge in [0.05, 0.1) is 35.1 Å². The Labute approximate surface area is 195 Å². The molecule has 2 rings (SSSR count). The molecule has 0 aromatic heterocycles. The van der Waals surface area contributed by atoms with E-state index in [1.807, 2.05) is 30.3 Å². The van der Waals surface area contributed by atoms with Crippen molar-refractivity contribution >= 4 is 0 Å². The number of halogens is 6. The first-order valence-electron chi connectivity index (χ1n) is 10.7. The molecule has 1 unspecified atom stereocenters. The van der Waals surface area contributed by atoms with E-state index >= 15 is 0 Å². The highest BCUT2D eigenvalue weighted by Crippen LogP contribution is 2.37. The summed E-state index contributed by atoms with van der Waals surface area (Å²) in [7, 11) is 0. The summed E-state index contributed by atoms with van der Waals surface area (Å²) in [4.78, 5) is 0. The number of ether oxygens (including phenoxy) is 1. The van der Waals surface area contributed by atoms with E-state index in [1.165, 1.54) is 6.92 Å². The highest BCUT2D eigenvalue weighted by atomic mass is 19.4. The van der Waals surface area contributed by atoms with Gasteiger partial charge in [0.15, 0.2) is 0 Å². The summed E-state index contributed by atoms with van der Waals surface area (Å²) in [5, 5.41) is 13.5. The molecule has 0 aliphatic rings. The van der Waals surface area contributed by atoms with Gasteiger partial charge in [0.25, 0.3) is 0 Å². The van der Waals surface area contributed by atoms with Gasteiger partial charge in [0.2, 0.25) is 0 Å². The molecule has 0 aliphatic heterocycles. The standard InChI is InChI=1S/C24H30F6N2O2/c1-16(18-11-19(23(25,26)27)13-20(12-18)24(28,29)30)34-15-32-14-22(31,21(2,3)33)10-9-17-7-5-4-6-8-17/h4-8,11-13,16,32-33H,9-10,14-15,31H2,1-3H3/t16?,22-/m0/s1. The topological polar surface area (TPSA) is 67.5 Å². The van der Waals surface area contributed by atoms with Crippen LogP contribution < -0.4 is 11.1 Å². The first-order valence-corrected chi connectivity index (χ1v) is 10.7. The third-order valence-electron chi connectivity index (χ3n) is 5.88. The van der Waals surface area contributed by atoms with Gasteiger partial charge < -0.3 is 15.6 Å². The van der Waals surface area contributed by atoms with Crippen LogP contribution in [0.1, 0.15) is 55.5 Å². The molecule has 4 nitrogen and oxygen atoms in total.